The summed E-state index contributed by atoms with van der Waals surface area (Å²) in [6, 6.07) is 10.1. The topological polar surface area (TPSA) is 49.1 Å². The Bertz CT molecular complexity index is 942. The lowest BCUT2D eigenvalue weighted by Gasteiger charge is -2.21. The quantitative estimate of drug-likeness (QED) is 0.365. The molecule has 5 heteroatoms. The van der Waals surface area contributed by atoms with Crippen molar-refractivity contribution in [1.29, 1.82) is 5.26 Å². The molecule has 0 amide bonds. The van der Waals surface area contributed by atoms with Crippen molar-refractivity contribution in [1.82, 2.24) is 9.88 Å². The third-order valence-corrected chi connectivity index (χ3v) is 4.77. The molecule has 162 valence electrons. The summed E-state index contributed by atoms with van der Waals surface area (Å²) in [4.78, 5) is 6.31. The predicted molar refractivity (Wildman–Crippen MR) is 123 cm³/mol. The number of nitriles is 1. The highest BCUT2D eigenvalue weighted by Crippen LogP contribution is 2.24. The molecule has 1 aromatic carbocycles. The molecule has 1 heterocycles. The van der Waals surface area contributed by atoms with Crippen LogP contribution in [-0.4, -0.2) is 23.0 Å². The Morgan fingerprint density at radius 1 is 1.29 bits per heavy atom. The number of hydrogen-bond acceptors (Lipinski definition) is 4. The number of benzene rings is 1. The van der Waals surface area contributed by atoms with E-state index in [0.29, 0.717) is 12.1 Å². The molecule has 0 saturated carbocycles. The molecule has 0 aliphatic carbocycles. The van der Waals surface area contributed by atoms with Gasteiger partial charge in [0, 0.05) is 18.8 Å². The second-order valence-corrected chi connectivity index (χ2v) is 7.12. The van der Waals surface area contributed by atoms with Crippen LogP contribution in [0, 0.1) is 17.1 Å². The highest BCUT2D eigenvalue weighted by atomic mass is 19.1. The van der Waals surface area contributed by atoms with Gasteiger partial charge in [0.25, 0.3) is 0 Å². The maximum absolute atomic E-state index is 14.5. The molecular weight excluding hydrogens is 389 g/mol. The first-order valence-electron chi connectivity index (χ1n) is 10.6. The maximum Gasteiger partial charge on any atom is 0.219 e. The van der Waals surface area contributed by atoms with Crippen molar-refractivity contribution in [2.75, 3.05) is 13.1 Å². The van der Waals surface area contributed by atoms with E-state index >= 15 is 0 Å². The third-order valence-electron chi connectivity index (χ3n) is 4.77. The largest absolute Gasteiger partial charge is 0.436 e. The van der Waals surface area contributed by atoms with Crippen molar-refractivity contribution in [2.45, 2.75) is 39.7 Å². The van der Waals surface area contributed by atoms with Gasteiger partial charge in [0.15, 0.2) is 11.6 Å². The molecule has 2 rings (SSSR count). The molecule has 1 aromatic heterocycles. The van der Waals surface area contributed by atoms with Crippen molar-refractivity contribution >= 4 is 0 Å². The lowest BCUT2D eigenvalue weighted by Crippen LogP contribution is -2.24. The van der Waals surface area contributed by atoms with Gasteiger partial charge in [0.05, 0.1) is 5.56 Å². The Morgan fingerprint density at radius 2 is 2.13 bits per heavy atom. The summed E-state index contributed by atoms with van der Waals surface area (Å²) < 4.78 is 20.1. The molecule has 0 saturated heterocycles. The van der Waals surface area contributed by atoms with Crippen LogP contribution in [0.3, 0.4) is 0 Å². The van der Waals surface area contributed by atoms with Crippen molar-refractivity contribution in [3.63, 3.8) is 0 Å². The SMILES string of the molecule is C=C/C=C(\C=C/CC)CCCN(CC)Cc1ccc(Oc2ccc(C#N)cn2)c(F)c1. The highest BCUT2D eigenvalue weighted by molar-refractivity contribution is 5.34. The smallest absolute Gasteiger partial charge is 0.219 e. The molecule has 0 atom stereocenters. The number of allylic oxidation sites excluding steroid dienone is 5. The zero-order valence-corrected chi connectivity index (χ0v) is 18.4. The van der Waals surface area contributed by atoms with Crippen molar-refractivity contribution < 1.29 is 9.13 Å². The first-order chi connectivity index (χ1) is 15.1. The van der Waals surface area contributed by atoms with E-state index in [4.69, 9.17) is 10.00 Å². The van der Waals surface area contributed by atoms with Crippen LogP contribution in [0.25, 0.3) is 0 Å². The van der Waals surface area contributed by atoms with Gasteiger partial charge in [-0.1, -0.05) is 50.8 Å². The fraction of sp³-hybridized carbons (Fsp3) is 0.308. The Kier molecular flexibility index (Phi) is 10.2. The minimum Gasteiger partial charge on any atom is -0.436 e. The normalized spacial score (nSPS) is 11.6. The van der Waals surface area contributed by atoms with E-state index in [2.05, 4.69) is 48.5 Å². The second kappa shape index (κ2) is 13.1. The van der Waals surface area contributed by atoms with E-state index in [1.807, 2.05) is 18.2 Å². The predicted octanol–water partition coefficient (Wildman–Crippen LogP) is 6.57. The molecule has 0 fully saturated rings. The zero-order valence-electron chi connectivity index (χ0n) is 18.4. The Balaban J connectivity index is 1.93. The van der Waals surface area contributed by atoms with Gasteiger partial charge >= 0.3 is 0 Å². The molecule has 0 aliphatic heterocycles. The minimum absolute atomic E-state index is 0.117. The Morgan fingerprint density at radius 3 is 2.74 bits per heavy atom. The van der Waals surface area contributed by atoms with Gasteiger partial charge in [-0.25, -0.2) is 9.37 Å². The molecule has 0 bridgehead atoms. The minimum atomic E-state index is -0.430. The molecular formula is C26H30FN3O. The van der Waals surface area contributed by atoms with Crippen LogP contribution in [0.2, 0.25) is 0 Å². The summed E-state index contributed by atoms with van der Waals surface area (Å²) >= 11 is 0. The molecule has 0 aliphatic rings. The Hall–Kier alpha value is -3.23. The van der Waals surface area contributed by atoms with Gasteiger partial charge in [0.1, 0.15) is 6.07 Å². The number of pyridine rings is 1. The molecule has 0 radical (unpaired) electrons. The van der Waals surface area contributed by atoms with Crippen molar-refractivity contribution in [2.24, 2.45) is 0 Å². The maximum atomic E-state index is 14.5. The highest BCUT2D eigenvalue weighted by Gasteiger charge is 2.10. The number of aromatic nitrogens is 1. The molecule has 0 unspecified atom stereocenters. The number of hydrogen-bond donors (Lipinski definition) is 0. The first-order valence-corrected chi connectivity index (χ1v) is 10.6. The number of rotatable bonds is 12. The number of halogens is 1. The van der Waals surface area contributed by atoms with Crippen LogP contribution in [0.4, 0.5) is 4.39 Å². The second-order valence-electron chi connectivity index (χ2n) is 7.12. The van der Waals surface area contributed by atoms with E-state index in [9.17, 15) is 4.39 Å². The van der Waals surface area contributed by atoms with Crippen molar-refractivity contribution in [3.05, 3.63) is 89.9 Å². The van der Waals surface area contributed by atoms with Gasteiger partial charge in [-0.3, -0.25) is 4.90 Å². The standard InChI is InChI=1S/C26H30FN3O/c1-4-7-10-21(9-5-2)11-8-16-30(6-3)20-22-12-14-25(24(27)17-22)31-26-15-13-23(18-28)19-29-26/h5,7,9-10,12-15,17,19H,2,4,6,8,11,16,20H2,1,3H3/b10-7-,21-9+. The summed E-state index contributed by atoms with van der Waals surface area (Å²) in [5, 5.41) is 8.82. The monoisotopic (exact) mass is 419 g/mol. The first kappa shape index (κ1) is 24.0. The lowest BCUT2D eigenvalue weighted by molar-refractivity contribution is 0.276. The fourth-order valence-electron chi connectivity index (χ4n) is 3.10. The van der Waals surface area contributed by atoms with Crippen LogP contribution in [0.5, 0.6) is 11.6 Å². The van der Waals surface area contributed by atoms with Crippen LogP contribution >= 0.6 is 0 Å². The van der Waals surface area contributed by atoms with Crippen LogP contribution < -0.4 is 4.74 Å². The van der Waals surface area contributed by atoms with Gasteiger partial charge < -0.3 is 4.74 Å². The summed E-state index contributed by atoms with van der Waals surface area (Å²) in [5.41, 5.74) is 2.60. The lowest BCUT2D eigenvalue weighted by atomic mass is 10.1. The van der Waals surface area contributed by atoms with E-state index in [0.717, 1.165) is 37.9 Å². The van der Waals surface area contributed by atoms with Crippen LogP contribution in [-0.2, 0) is 6.54 Å². The van der Waals surface area contributed by atoms with E-state index in [1.54, 1.807) is 18.2 Å². The van der Waals surface area contributed by atoms with Crippen molar-refractivity contribution in [3.8, 4) is 17.7 Å². The molecule has 31 heavy (non-hydrogen) atoms. The average Bonchev–Trinajstić information content (AvgIpc) is 2.79. The average molecular weight is 420 g/mol. The summed E-state index contributed by atoms with van der Waals surface area (Å²) in [7, 11) is 0. The fourth-order valence-corrected chi connectivity index (χ4v) is 3.10. The molecule has 2 aromatic rings. The zero-order chi connectivity index (χ0) is 22.5. The van der Waals surface area contributed by atoms with E-state index < -0.39 is 5.82 Å². The van der Waals surface area contributed by atoms with Gasteiger partial charge in [-0.2, -0.15) is 5.26 Å². The van der Waals surface area contributed by atoms with E-state index in [1.165, 1.54) is 17.8 Å². The molecule has 0 spiro atoms. The summed E-state index contributed by atoms with van der Waals surface area (Å²) in [5.74, 6) is -0.0621. The van der Waals surface area contributed by atoms with Gasteiger partial charge in [-0.05, 0) is 61.7 Å². The number of nitrogens with zero attached hydrogens (tertiary/aromatic N) is 3. The summed E-state index contributed by atoms with van der Waals surface area (Å²) in [6.07, 6.45) is 12.6. The van der Waals surface area contributed by atoms with Crippen LogP contribution in [0.15, 0.2) is 73.0 Å². The summed E-state index contributed by atoms with van der Waals surface area (Å²) in [6.45, 7) is 10.5. The van der Waals surface area contributed by atoms with Crippen LogP contribution in [0.1, 0.15) is 44.2 Å². The van der Waals surface area contributed by atoms with E-state index in [-0.39, 0.29) is 11.6 Å². The number of ether oxygens (including phenoxy) is 1. The van der Waals surface area contributed by atoms with Gasteiger partial charge in [0.2, 0.25) is 5.88 Å². The van der Waals surface area contributed by atoms with Gasteiger partial charge in [-0.15, -0.1) is 0 Å². The molecule has 0 N–H and O–H groups in total. The third kappa shape index (κ3) is 8.19. The molecule has 4 nitrogen and oxygen atoms in total. The Labute approximate surface area is 185 Å².